The van der Waals surface area contributed by atoms with Crippen LogP contribution >= 0.6 is 0 Å². The molecular formula is C15H25N3O2. The van der Waals surface area contributed by atoms with Gasteiger partial charge in [-0.2, -0.15) is 0 Å². The van der Waals surface area contributed by atoms with Crippen LogP contribution in [-0.2, 0) is 17.7 Å². The van der Waals surface area contributed by atoms with Gasteiger partial charge in [0.25, 0.3) is 0 Å². The highest BCUT2D eigenvalue weighted by atomic mass is 16.5. The van der Waals surface area contributed by atoms with E-state index in [1.807, 2.05) is 14.1 Å². The molecule has 1 aromatic rings. The molecule has 1 fully saturated rings. The molecular weight excluding hydrogens is 254 g/mol. The van der Waals surface area contributed by atoms with Crippen LogP contribution in [0.2, 0.25) is 0 Å². The van der Waals surface area contributed by atoms with Crippen molar-refractivity contribution < 1.29 is 9.84 Å². The quantitative estimate of drug-likeness (QED) is 0.887. The van der Waals surface area contributed by atoms with Crippen LogP contribution in [0.5, 0.6) is 0 Å². The number of β-amino-alcohol motifs (C(OH)–C–C–N with tert-alkyl or cyclic N) is 1. The van der Waals surface area contributed by atoms with Gasteiger partial charge in [0.1, 0.15) is 0 Å². The predicted molar refractivity (Wildman–Crippen MR) is 80.0 cm³/mol. The number of aliphatic hydroxyl groups excluding tert-OH is 1. The number of aliphatic hydroxyl groups is 1. The first-order chi connectivity index (χ1) is 9.60. The fourth-order valence-electron chi connectivity index (χ4n) is 2.45. The number of ether oxygens (including phenoxy) is 1. The second-order valence-corrected chi connectivity index (χ2v) is 5.53. The zero-order valence-electron chi connectivity index (χ0n) is 12.7. The topological polar surface area (TPSA) is 48.8 Å². The van der Waals surface area contributed by atoms with E-state index in [0.29, 0.717) is 19.8 Å². The molecule has 20 heavy (non-hydrogen) atoms. The monoisotopic (exact) mass is 279 g/mol. The summed E-state index contributed by atoms with van der Waals surface area (Å²) in [4.78, 5) is 9.06. The highest BCUT2D eigenvalue weighted by Gasteiger charge is 2.20. The van der Waals surface area contributed by atoms with E-state index in [-0.39, 0.29) is 0 Å². The lowest BCUT2D eigenvalue weighted by atomic mass is 10.2. The molecule has 2 rings (SSSR count). The maximum absolute atomic E-state index is 9.90. The Labute approximate surface area is 121 Å². The summed E-state index contributed by atoms with van der Waals surface area (Å²) < 4.78 is 5.40. The number of nitrogens with zero attached hydrogens (tertiary/aromatic N) is 3. The molecule has 0 spiro atoms. The van der Waals surface area contributed by atoms with Crippen LogP contribution in [0.15, 0.2) is 12.1 Å². The molecule has 0 radical (unpaired) electrons. The zero-order valence-corrected chi connectivity index (χ0v) is 12.7. The normalized spacial score (nSPS) is 20.2. The second-order valence-electron chi connectivity index (χ2n) is 5.53. The highest BCUT2D eigenvalue weighted by Crippen LogP contribution is 2.22. The van der Waals surface area contributed by atoms with Crippen molar-refractivity contribution >= 4 is 5.69 Å². The molecule has 5 nitrogen and oxygen atoms in total. The van der Waals surface area contributed by atoms with E-state index in [0.717, 1.165) is 36.6 Å². The number of pyridine rings is 1. The fourth-order valence-corrected chi connectivity index (χ4v) is 2.45. The van der Waals surface area contributed by atoms with E-state index in [4.69, 9.17) is 9.72 Å². The van der Waals surface area contributed by atoms with E-state index in [9.17, 15) is 5.11 Å². The zero-order chi connectivity index (χ0) is 14.5. The minimum absolute atomic E-state index is 0.417. The first-order valence-electron chi connectivity index (χ1n) is 7.24. The fraction of sp³-hybridized carbons (Fsp3) is 0.667. The van der Waals surface area contributed by atoms with Crippen LogP contribution in [0.3, 0.4) is 0 Å². The molecule has 0 saturated carbocycles. The van der Waals surface area contributed by atoms with E-state index in [2.05, 4.69) is 28.9 Å². The average Bonchev–Trinajstić information content (AvgIpc) is 2.62. The molecule has 2 heterocycles. The summed E-state index contributed by atoms with van der Waals surface area (Å²) >= 11 is 0. The van der Waals surface area contributed by atoms with Gasteiger partial charge in [0.05, 0.1) is 30.7 Å². The van der Waals surface area contributed by atoms with E-state index in [1.54, 1.807) is 0 Å². The van der Waals surface area contributed by atoms with E-state index in [1.165, 1.54) is 0 Å². The molecule has 0 aliphatic carbocycles. The number of aromatic nitrogens is 1. The maximum Gasteiger partial charge on any atom is 0.0948 e. The van der Waals surface area contributed by atoms with Crippen molar-refractivity contribution in [3.8, 4) is 0 Å². The van der Waals surface area contributed by atoms with Gasteiger partial charge in [-0.05, 0) is 32.6 Å². The number of hydrogen-bond donors (Lipinski definition) is 1. The second kappa shape index (κ2) is 7.02. The largest absolute Gasteiger partial charge is 0.389 e. The molecule has 5 heteroatoms. The molecule has 0 aromatic carbocycles. The van der Waals surface area contributed by atoms with Gasteiger partial charge in [-0.3, -0.25) is 4.98 Å². The van der Waals surface area contributed by atoms with Crippen LogP contribution in [0, 0.1) is 0 Å². The summed E-state index contributed by atoms with van der Waals surface area (Å²) in [7, 11) is 4.09. The Morgan fingerprint density at radius 1 is 1.45 bits per heavy atom. The lowest BCUT2D eigenvalue weighted by molar-refractivity contribution is 0.0597. The molecule has 1 saturated heterocycles. The highest BCUT2D eigenvalue weighted by molar-refractivity contribution is 5.51. The Bertz CT molecular complexity index is 437. The molecule has 1 aliphatic rings. The third-order valence-electron chi connectivity index (χ3n) is 3.42. The molecule has 1 atom stereocenters. The van der Waals surface area contributed by atoms with Crippen LogP contribution < -0.4 is 4.90 Å². The number of hydrogen-bond acceptors (Lipinski definition) is 5. The van der Waals surface area contributed by atoms with Crippen molar-refractivity contribution in [2.24, 2.45) is 0 Å². The summed E-state index contributed by atoms with van der Waals surface area (Å²) in [5, 5.41) is 9.90. The SMILES string of the molecule is CCc1ccc(N2CCOC[C@@H](O)C2)c(CN(C)C)n1. The van der Waals surface area contributed by atoms with Crippen LogP contribution in [0.1, 0.15) is 18.3 Å². The first-order valence-corrected chi connectivity index (χ1v) is 7.24. The summed E-state index contributed by atoms with van der Waals surface area (Å²) in [5.41, 5.74) is 3.29. The molecule has 0 unspecified atom stereocenters. The van der Waals surface area contributed by atoms with Crippen molar-refractivity contribution in [3.05, 3.63) is 23.5 Å². The van der Waals surface area contributed by atoms with Gasteiger partial charge in [0.15, 0.2) is 0 Å². The van der Waals surface area contributed by atoms with Crippen LogP contribution in [0.25, 0.3) is 0 Å². The van der Waals surface area contributed by atoms with Gasteiger partial charge in [-0.15, -0.1) is 0 Å². The van der Waals surface area contributed by atoms with E-state index < -0.39 is 6.10 Å². The van der Waals surface area contributed by atoms with Crippen molar-refractivity contribution in [2.45, 2.75) is 26.0 Å². The molecule has 0 bridgehead atoms. The number of rotatable bonds is 4. The molecule has 0 amide bonds. The summed E-state index contributed by atoms with van der Waals surface area (Å²) in [6, 6.07) is 4.20. The lowest BCUT2D eigenvalue weighted by Crippen LogP contribution is -2.34. The van der Waals surface area contributed by atoms with Crippen molar-refractivity contribution in [1.82, 2.24) is 9.88 Å². The van der Waals surface area contributed by atoms with Crippen molar-refractivity contribution in [1.29, 1.82) is 0 Å². The molecule has 1 aliphatic heterocycles. The summed E-state index contributed by atoms with van der Waals surface area (Å²) in [6.07, 6.45) is 0.502. The molecule has 1 N–H and O–H groups in total. The molecule has 112 valence electrons. The number of aryl methyl sites for hydroxylation is 1. The standard InChI is InChI=1S/C15H25N3O2/c1-4-12-5-6-15(14(16-12)10-17(2)3)18-7-8-20-11-13(19)9-18/h5-6,13,19H,4,7-11H2,1-3H3/t13-/m0/s1. The minimum atomic E-state index is -0.435. The van der Waals surface area contributed by atoms with Gasteiger partial charge in [0, 0.05) is 25.3 Å². The van der Waals surface area contributed by atoms with Crippen LogP contribution in [0.4, 0.5) is 5.69 Å². The Balaban J connectivity index is 2.28. The van der Waals surface area contributed by atoms with Crippen molar-refractivity contribution in [2.75, 3.05) is 45.3 Å². The Kier molecular flexibility index (Phi) is 5.34. The van der Waals surface area contributed by atoms with Gasteiger partial charge in [0.2, 0.25) is 0 Å². The third-order valence-corrected chi connectivity index (χ3v) is 3.42. The minimum Gasteiger partial charge on any atom is -0.389 e. The van der Waals surface area contributed by atoms with Gasteiger partial charge >= 0.3 is 0 Å². The van der Waals surface area contributed by atoms with Gasteiger partial charge < -0.3 is 19.6 Å². The van der Waals surface area contributed by atoms with Crippen molar-refractivity contribution in [3.63, 3.8) is 0 Å². The predicted octanol–water partition coefficient (Wildman–Crippen LogP) is 0.903. The van der Waals surface area contributed by atoms with E-state index >= 15 is 0 Å². The van der Waals surface area contributed by atoms with Gasteiger partial charge in [-0.25, -0.2) is 0 Å². The Hall–Kier alpha value is -1.17. The Morgan fingerprint density at radius 2 is 2.25 bits per heavy atom. The maximum atomic E-state index is 9.90. The smallest absolute Gasteiger partial charge is 0.0948 e. The average molecular weight is 279 g/mol. The van der Waals surface area contributed by atoms with Gasteiger partial charge in [-0.1, -0.05) is 6.92 Å². The first kappa shape index (κ1) is 15.2. The van der Waals surface area contributed by atoms with Crippen LogP contribution in [-0.4, -0.2) is 61.5 Å². The summed E-state index contributed by atoms with van der Waals surface area (Å²) in [5.74, 6) is 0. The summed E-state index contributed by atoms with van der Waals surface area (Å²) in [6.45, 7) is 5.38. The number of anilines is 1. The lowest BCUT2D eigenvalue weighted by Gasteiger charge is -2.26. The molecule has 1 aromatic heterocycles. The third kappa shape index (κ3) is 3.91. The Morgan fingerprint density at radius 3 is 2.95 bits per heavy atom.